The Morgan fingerprint density at radius 1 is 0.896 bits per heavy atom. The van der Waals surface area contributed by atoms with Crippen LogP contribution in [0.3, 0.4) is 0 Å². The van der Waals surface area contributed by atoms with Crippen LogP contribution in [-0.4, -0.2) is 167 Å². The lowest BCUT2D eigenvalue weighted by Crippen LogP contribution is -2.62. The number of nitrogens with zero attached hydrogens (tertiary/aromatic N) is 3. The average molecular weight is 1090 g/mol. The number of hydrogen-bond acceptors (Lipinski definition) is 14. The molecular weight excluding hydrogens is 995 g/mol. The van der Waals surface area contributed by atoms with Crippen molar-refractivity contribution in [2.45, 2.75) is 208 Å². The van der Waals surface area contributed by atoms with Gasteiger partial charge >= 0.3 is 18.0 Å². The van der Waals surface area contributed by atoms with Crippen LogP contribution in [0.25, 0.3) is 0 Å². The van der Waals surface area contributed by atoms with Crippen molar-refractivity contribution in [1.29, 1.82) is 0 Å². The lowest BCUT2D eigenvalue weighted by atomic mass is 9.92. The Kier molecular flexibility index (Phi) is 24.7. The van der Waals surface area contributed by atoms with Gasteiger partial charge < -0.3 is 60.0 Å². The monoisotopic (exact) mass is 1090 g/mol. The highest BCUT2D eigenvalue weighted by atomic mass is 16.6. The van der Waals surface area contributed by atoms with E-state index >= 15 is 0 Å². The van der Waals surface area contributed by atoms with Crippen molar-refractivity contribution in [3.05, 3.63) is 29.8 Å². The molecule has 0 spiro atoms. The first kappa shape index (κ1) is 65.3. The van der Waals surface area contributed by atoms with Crippen molar-refractivity contribution in [1.82, 2.24) is 36.0 Å². The maximum absolute atomic E-state index is 15.0. The number of fused-ring (bicyclic) bond motifs is 1. The second-order valence-corrected chi connectivity index (χ2v) is 23.3. The first-order chi connectivity index (χ1) is 35.8. The summed E-state index contributed by atoms with van der Waals surface area (Å²) < 4.78 is 22.7. The van der Waals surface area contributed by atoms with Gasteiger partial charge in [-0.1, -0.05) is 87.8 Å². The van der Waals surface area contributed by atoms with E-state index in [0.717, 1.165) is 0 Å². The zero-order valence-electron chi connectivity index (χ0n) is 48.7. The molecule has 1 aromatic carbocycles. The summed E-state index contributed by atoms with van der Waals surface area (Å²) in [4.78, 5) is 133. The summed E-state index contributed by atoms with van der Waals surface area (Å²) in [6.45, 7) is 24.3. The van der Waals surface area contributed by atoms with Crippen molar-refractivity contribution < 1.29 is 67.2 Å². The number of likely N-dealkylation sites (N-methyl/N-ethyl adjacent to an activating group) is 2. The Balaban J connectivity index is 2.27. The second-order valence-electron chi connectivity index (χ2n) is 23.3. The van der Waals surface area contributed by atoms with Gasteiger partial charge in [0.15, 0.2) is 6.10 Å². The molecule has 2 aliphatic rings. The van der Waals surface area contributed by atoms with E-state index in [4.69, 9.17) is 18.9 Å². The molecule has 5 N–H and O–H groups in total. The molecule has 0 aliphatic carbocycles. The zero-order valence-corrected chi connectivity index (χ0v) is 48.7. The molecule has 0 saturated carbocycles. The summed E-state index contributed by atoms with van der Waals surface area (Å²) in [5, 5.41) is 22.8. The molecule has 0 bridgehead atoms. The molecule has 2 fully saturated rings. The van der Waals surface area contributed by atoms with Gasteiger partial charge in [-0.25, -0.2) is 9.59 Å². The van der Waals surface area contributed by atoms with Crippen LogP contribution >= 0.6 is 0 Å². The number of alkyl carbamates (subject to hydrolysis) is 1. The number of cyclic esters (lactones) is 2. The number of benzene rings is 1. The maximum atomic E-state index is 15.0. The van der Waals surface area contributed by atoms with E-state index in [2.05, 4.69) is 21.3 Å². The van der Waals surface area contributed by atoms with Gasteiger partial charge in [0.1, 0.15) is 53.7 Å². The molecule has 0 radical (unpaired) electrons. The quantitative estimate of drug-likeness (QED) is 0.114. The Bertz CT molecular complexity index is 2200. The van der Waals surface area contributed by atoms with Gasteiger partial charge in [0.05, 0.1) is 25.7 Å². The third-order valence-corrected chi connectivity index (χ3v) is 14.1. The highest BCUT2D eigenvalue weighted by Gasteiger charge is 2.45. The topological polar surface area (TPSA) is 269 Å². The van der Waals surface area contributed by atoms with Gasteiger partial charge in [0.2, 0.25) is 29.5 Å². The van der Waals surface area contributed by atoms with E-state index in [0.29, 0.717) is 24.2 Å². The van der Waals surface area contributed by atoms with Crippen molar-refractivity contribution >= 4 is 53.5 Å². The van der Waals surface area contributed by atoms with E-state index in [-0.39, 0.29) is 44.1 Å². The molecule has 11 atom stereocenters. The van der Waals surface area contributed by atoms with Crippen LogP contribution in [0.1, 0.15) is 141 Å². The van der Waals surface area contributed by atoms with Gasteiger partial charge in [-0.2, -0.15) is 0 Å². The molecule has 1 aromatic rings. The molecule has 2 saturated heterocycles. The number of carbonyl (C=O) groups is 9. The predicted octanol–water partition coefficient (Wildman–Crippen LogP) is 4.29. The first-order valence-electron chi connectivity index (χ1n) is 27.3. The van der Waals surface area contributed by atoms with E-state index in [9.17, 15) is 48.3 Å². The lowest BCUT2D eigenvalue weighted by Gasteiger charge is -2.36. The number of carbonyl (C=O) groups excluding carboxylic acids is 9. The summed E-state index contributed by atoms with van der Waals surface area (Å²) in [6.07, 6.45) is -4.84. The molecule has 7 amide bonds. The van der Waals surface area contributed by atoms with Gasteiger partial charge in [-0.05, 0) is 101 Å². The smallest absolute Gasteiger partial charge is 0.408 e. The fraction of sp³-hybridized carbons (Fsp3) is 0.732. The number of rotatable bonds is 16. The highest BCUT2D eigenvalue weighted by molar-refractivity contribution is 5.96. The van der Waals surface area contributed by atoms with Crippen molar-refractivity contribution in [3.63, 3.8) is 0 Å². The van der Waals surface area contributed by atoms with E-state index in [1.807, 2.05) is 27.7 Å². The summed E-state index contributed by atoms with van der Waals surface area (Å²) in [7, 11) is 4.33. The predicted molar refractivity (Wildman–Crippen MR) is 288 cm³/mol. The summed E-state index contributed by atoms with van der Waals surface area (Å²) in [5.74, 6) is -7.54. The molecule has 2 aliphatic heterocycles. The molecule has 3 rings (SSSR count). The van der Waals surface area contributed by atoms with Crippen LogP contribution < -0.4 is 26.0 Å². The van der Waals surface area contributed by atoms with Crippen molar-refractivity contribution in [2.75, 3.05) is 27.7 Å². The fourth-order valence-electron chi connectivity index (χ4n) is 9.48. The number of methoxy groups -OCH3 is 1. The third kappa shape index (κ3) is 18.9. The zero-order chi connectivity index (χ0) is 58.4. The second kappa shape index (κ2) is 29.1. The van der Waals surface area contributed by atoms with Gasteiger partial charge in [0, 0.05) is 27.1 Å². The number of aliphatic hydroxyl groups is 1. The number of ether oxygens (including phenoxy) is 4. The molecule has 21 nitrogen and oxygen atoms in total. The number of aliphatic hydroxyl groups excluding tert-OH is 1. The largest absolute Gasteiger partial charge is 0.497 e. The van der Waals surface area contributed by atoms with Crippen LogP contribution in [0.2, 0.25) is 0 Å². The molecule has 0 unspecified atom stereocenters. The molecule has 2 heterocycles. The van der Waals surface area contributed by atoms with E-state index < -0.39 is 144 Å². The first-order valence-corrected chi connectivity index (χ1v) is 27.3. The van der Waals surface area contributed by atoms with Gasteiger partial charge in [-0.15, -0.1) is 0 Å². The average Bonchev–Trinajstić information content (AvgIpc) is 3.84. The number of amides is 7. The SMILES string of the molecule is CC[C@H](C)[C@H]1NC(=O)[C@@H](NC(=O)[C@@H](CC(C)C)N(C)C(=O)[C@@H](NC(=O)OC(C)(C)C)C(C)C)[C@@H](C)OC(=O)[C@H](Cc2ccc(OC)cc2)N(C)C(=O)[C@@H]2CCCN2C(=O)[C@H](CC(C)C)NC(=O)[C@H](C(C)C)OC(=O)C[C@@H]1O. The molecule has 0 aromatic heterocycles. The van der Waals surface area contributed by atoms with Crippen LogP contribution in [-0.2, 0) is 59.0 Å². The minimum absolute atomic E-state index is 0.0787. The van der Waals surface area contributed by atoms with Crippen LogP contribution in [0.4, 0.5) is 4.79 Å². The van der Waals surface area contributed by atoms with E-state index in [1.165, 1.54) is 42.8 Å². The Morgan fingerprint density at radius 3 is 2.05 bits per heavy atom. The maximum Gasteiger partial charge on any atom is 0.408 e. The van der Waals surface area contributed by atoms with E-state index in [1.54, 1.807) is 86.6 Å². The standard InChI is InChI=1S/C56H91N7O14/c1-18-34(10)45-42(64)29-43(65)76-47(33(8)9)50(68)57-38(26-30(2)3)51(69)63-25-19-20-39(63)52(70)62(16)41(28-36-21-23-37(74-17)24-22-36)54(72)75-35(11)46(49(67)58-45)59-48(66)40(27-31(4)5)61(15)53(71)44(32(6)7)60-55(73)77-56(12,13)14/h21-24,30-35,38-42,44-47,64H,18-20,25-29H2,1-17H3,(H,57,68)(H,58,67)(H,59,66)(H,60,73)/t34-,35+,38-,39-,40+,41-,42-,44-,45+,46-,47-/m0/s1. The summed E-state index contributed by atoms with van der Waals surface area (Å²) >= 11 is 0. The van der Waals surface area contributed by atoms with Gasteiger partial charge in [-0.3, -0.25) is 33.6 Å². The Labute approximate surface area is 456 Å². The molecule has 21 heteroatoms. The summed E-state index contributed by atoms with van der Waals surface area (Å²) in [5.41, 5.74) is -0.278. The number of nitrogens with one attached hydrogen (secondary N) is 4. The third-order valence-electron chi connectivity index (χ3n) is 14.1. The van der Waals surface area contributed by atoms with Crippen LogP contribution in [0.15, 0.2) is 24.3 Å². The normalized spacial score (nSPS) is 25.0. The Hall–Kier alpha value is -5.99. The molecule has 77 heavy (non-hydrogen) atoms. The van der Waals surface area contributed by atoms with Crippen molar-refractivity contribution in [3.8, 4) is 5.75 Å². The minimum Gasteiger partial charge on any atom is -0.497 e. The van der Waals surface area contributed by atoms with Crippen LogP contribution in [0, 0.1) is 29.6 Å². The highest BCUT2D eigenvalue weighted by Crippen LogP contribution is 2.26. The minimum atomic E-state index is -1.73. The number of esters is 2. The fourth-order valence-corrected chi connectivity index (χ4v) is 9.48. The molecule has 434 valence electrons. The summed E-state index contributed by atoms with van der Waals surface area (Å²) in [6, 6.07) is -2.06. The lowest BCUT2D eigenvalue weighted by molar-refractivity contribution is -0.162. The van der Waals surface area contributed by atoms with Gasteiger partial charge in [0.25, 0.3) is 5.91 Å². The van der Waals surface area contributed by atoms with Crippen LogP contribution in [0.5, 0.6) is 5.75 Å². The Morgan fingerprint density at radius 2 is 1.52 bits per heavy atom. The molecular formula is C56H91N7O14. The number of hydrogen-bond donors (Lipinski definition) is 5. The van der Waals surface area contributed by atoms with Crippen molar-refractivity contribution in [2.24, 2.45) is 29.6 Å².